The van der Waals surface area contributed by atoms with Crippen molar-refractivity contribution in [3.05, 3.63) is 0 Å². The van der Waals surface area contributed by atoms with Gasteiger partial charge in [0.1, 0.15) is 0 Å². The molecule has 0 radical (unpaired) electrons. The van der Waals surface area contributed by atoms with Gasteiger partial charge in [-0.2, -0.15) is 0 Å². The molecule has 1 atom stereocenters. The van der Waals surface area contributed by atoms with Crippen molar-refractivity contribution in [2.24, 2.45) is 5.90 Å². The Bertz CT molecular complexity index is 50.5. The van der Waals surface area contributed by atoms with Crippen LogP contribution in [0, 0.1) is 0 Å². The molecule has 1 unspecified atom stereocenters. The highest BCUT2D eigenvalue weighted by Gasteiger charge is 1.94. The molecule has 0 amide bonds. The van der Waals surface area contributed by atoms with Crippen LogP contribution in [0.2, 0.25) is 0 Å². The van der Waals surface area contributed by atoms with Crippen LogP contribution in [-0.2, 0) is 14.3 Å². The van der Waals surface area contributed by atoms with Gasteiger partial charge in [-0.05, 0) is 6.92 Å². The maximum absolute atomic E-state index is 4.77. The van der Waals surface area contributed by atoms with Gasteiger partial charge in [0.15, 0.2) is 13.1 Å². The zero-order valence-electron chi connectivity index (χ0n) is 5.09. The number of ether oxygens (including phenoxy) is 2. The van der Waals surface area contributed by atoms with Crippen molar-refractivity contribution in [2.45, 2.75) is 13.2 Å². The molecule has 4 heteroatoms. The number of methoxy groups -OCH3 is 1. The molecule has 0 aromatic heterocycles. The molecule has 8 heavy (non-hydrogen) atoms. The molecule has 0 fully saturated rings. The Morgan fingerprint density at radius 2 is 2.25 bits per heavy atom. The van der Waals surface area contributed by atoms with Gasteiger partial charge in [0.2, 0.25) is 0 Å². The second-order valence-electron chi connectivity index (χ2n) is 1.25. The largest absolute Gasteiger partial charge is 0.356 e. The van der Waals surface area contributed by atoms with Gasteiger partial charge in [-0.15, -0.1) is 0 Å². The maximum Gasteiger partial charge on any atom is 0.169 e. The van der Waals surface area contributed by atoms with Crippen LogP contribution in [0.5, 0.6) is 0 Å². The number of hydrogen-bond donors (Lipinski definition) is 1. The monoisotopic (exact) mass is 121 g/mol. The summed E-state index contributed by atoms with van der Waals surface area (Å²) in [5, 5.41) is 0. The Morgan fingerprint density at radius 1 is 1.62 bits per heavy atom. The fourth-order valence-electron chi connectivity index (χ4n) is 0.203. The summed E-state index contributed by atoms with van der Waals surface area (Å²) >= 11 is 0. The minimum absolute atomic E-state index is 0.0645. The summed E-state index contributed by atoms with van der Waals surface area (Å²) in [5.41, 5.74) is 0. The summed E-state index contributed by atoms with van der Waals surface area (Å²) in [4.78, 5) is 4.11. The maximum atomic E-state index is 4.77. The lowest BCUT2D eigenvalue weighted by Crippen LogP contribution is -2.14. The van der Waals surface area contributed by atoms with Crippen molar-refractivity contribution in [3.8, 4) is 0 Å². The Morgan fingerprint density at radius 3 is 2.62 bits per heavy atom. The van der Waals surface area contributed by atoms with Crippen molar-refractivity contribution in [1.82, 2.24) is 0 Å². The van der Waals surface area contributed by atoms with Crippen LogP contribution >= 0.6 is 0 Å². The first kappa shape index (κ1) is 7.84. The number of hydrogen-bond acceptors (Lipinski definition) is 4. The molecular weight excluding hydrogens is 110 g/mol. The van der Waals surface area contributed by atoms with E-state index in [1.54, 1.807) is 14.0 Å². The van der Waals surface area contributed by atoms with Gasteiger partial charge >= 0.3 is 0 Å². The van der Waals surface area contributed by atoms with Gasteiger partial charge in [-0.1, -0.05) is 0 Å². The van der Waals surface area contributed by atoms with Crippen molar-refractivity contribution in [2.75, 3.05) is 13.9 Å². The number of nitrogens with two attached hydrogens (primary N) is 1. The van der Waals surface area contributed by atoms with Crippen LogP contribution in [0.3, 0.4) is 0 Å². The third-order valence-electron chi connectivity index (χ3n) is 0.703. The van der Waals surface area contributed by atoms with E-state index in [9.17, 15) is 0 Å². The van der Waals surface area contributed by atoms with Gasteiger partial charge in [0.05, 0.1) is 0 Å². The van der Waals surface area contributed by atoms with E-state index in [1.165, 1.54) is 0 Å². The van der Waals surface area contributed by atoms with E-state index in [2.05, 4.69) is 10.7 Å². The minimum Gasteiger partial charge on any atom is -0.356 e. The van der Waals surface area contributed by atoms with Crippen LogP contribution in [0.15, 0.2) is 0 Å². The van der Waals surface area contributed by atoms with E-state index in [0.29, 0.717) is 0 Å². The first-order valence-electron chi connectivity index (χ1n) is 2.27. The Labute approximate surface area is 48.5 Å². The molecule has 0 aliphatic carbocycles. The SMILES string of the molecule is COC(C)OCON. The lowest BCUT2D eigenvalue weighted by Gasteiger charge is -2.07. The fraction of sp³-hybridized carbons (Fsp3) is 1.00. The van der Waals surface area contributed by atoms with Gasteiger partial charge in [0.25, 0.3) is 0 Å². The topological polar surface area (TPSA) is 53.7 Å². The van der Waals surface area contributed by atoms with Gasteiger partial charge in [-0.3, -0.25) is 4.84 Å². The molecule has 50 valence electrons. The summed E-state index contributed by atoms with van der Waals surface area (Å²) in [6.07, 6.45) is -0.251. The van der Waals surface area contributed by atoms with Gasteiger partial charge < -0.3 is 9.47 Å². The predicted octanol–water partition coefficient (Wildman–Crippen LogP) is -0.157. The van der Waals surface area contributed by atoms with E-state index in [1.807, 2.05) is 0 Å². The van der Waals surface area contributed by atoms with E-state index < -0.39 is 0 Å². The lowest BCUT2D eigenvalue weighted by atomic mass is 10.8. The summed E-state index contributed by atoms with van der Waals surface area (Å²) in [6.45, 7) is 1.81. The molecule has 2 N–H and O–H groups in total. The molecule has 0 heterocycles. The zero-order chi connectivity index (χ0) is 6.41. The van der Waals surface area contributed by atoms with Crippen molar-refractivity contribution in [1.29, 1.82) is 0 Å². The van der Waals surface area contributed by atoms with E-state index in [0.717, 1.165) is 0 Å². The Balaban J connectivity index is 2.86. The van der Waals surface area contributed by atoms with Crippen molar-refractivity contribution in [3.63, 3.8) is 0 Å². The first-order chi connectivity index (χ1) is 3.81. The molecule has 0 aliphatic rings. The van der Waals surface area contributed by atoms with Crippen LogP contribution < -0.4 is 5.90 Å². The molecule has 0 saturated heterocycles. The molecule has 0 saturated carbocycles. The smallest absolute Gasteiger partial charge is 0.169 e. The van der Waals surface area contributed by atoms with Crippen LogP contribution in [0.4, 0.5) is 0 Å². The van der Waals surface area contributed by atoms with E-state index in [4.69, 9.17) is 9.47 Å². The molecule has 0 spiro atoms. The first-order valence-corrected chi connectivity index (χ1v) is 2.27. The highest BCUT2D eigenvalue weighted by atomic mass is 16.8. The average molecular weight is 121 g/mol. The lowest BCUT2D eigenvalue weighted by molar-refractivity contribution is -0.175. The standard InChI is InChI=1S/C4H11NO3/c1-4(6-2)7-3-8-5/h4H,3,5H2,1-2H3. The normalized spacial score (nSPS) is 13.9. The molecule has 0 aromatic carbocycles. The fourth-order valence-corrected chi connectivity index (χ4v) is 0.203. The van der Waals surface area contributed by atoms with Crippen LogP contribution in [0.1, 0.15) is 6.92 Å². The highest BCUT2D eigenvalue weighted by molar-refractivity contribution is 4.20. The average Bonchev–Trinajstić information content (AvgIpc) is 1.83. The Kier molecular flexibility index (Phi) is 4.89. The summed E-state index contributed by atoms with van der Waals surface area (Å²) in [7, 11) is 1.54. The number of rotatable bonds is 4. The molecule has 4 nitrogen and oxygen atoms in total. The molecular formula is C4H11NO3. The Hall–Kier alpha value is -0.160. The summed E-state index contributed by atoms with van der Waals surface area (Å²) < 4.78 is 9.47. The summed E-state index contributed by atoms with van der Waals surface area (Å²) in [5.74, 6) is 4.65. The predicted molar refractivity (Wildman–Crippen MR) is 27.7 cm³/mol. The van der Waals surface area contributed by atoms with E-state index in [-0.39, 0.29) is 13.1 Å². The quantitative estimate of drug-likeness (QED) is 0.415. The highest BCUT2D eigenvalue weighted by Crippen LogP contribution is 1.87. The van der Waals surface area contributed by atoms with Gasteiger partial charge in [0, 0.05) is 7.11 Å². The summed E-state index contributed by atoms with van der Waals surface area (Å²) in [6, 6.07) is 0. The van der Waals surface area contributed by atoms with E-state index >= 15 is 0 Å². The second-order valence-corrected chi connectivity index (χ2v) is 1.25. The van der Waals surface area contributed by atoms with Crippen LogP contribution in [0.25, 0.3) is 0 Å². The van der Waals surface area contributed by atoms with Crippen LogP contribution in [-0.4, -0.2) is 20.2 Å². The molecule has 0 rings (SSSR count). The minimum atomic E-state index is -0.251. The zero-order valence-corrected chi connectivity index (χ0v) is 5.09. The van der Waals surface area contributed by atoms with Crippen molar-refractivity contribution < 1.29 is 14.3 Å². The third kappa shape index (κ3) is 4.01. The molecule has 0 aliphatic heterocycles. The molecule has 0 aromatic rings. The van der Waals surface area contributed by atoms with Crippen molar-refractivity contribution >= 4 is 0 Å². The molecule has 0 bridgehead atoms. The van der Waals surface area contributed by atoms with Gasteiger partial charge in [-0.25, -0.2) is 5.90 Å². The third-order valence-corrected chi connectivity index (χ3v) is 0.703. The second kappa shape index (κ2) is 4.99.